The quantitative estimate of drug-likeness (QED) is 0.754. The van der Waals surface area contributed by atoms with Gasteiger partial charge < -0.3 is 0 Å². The highest BCUT2D eigenvalue weighted by Gasteiger charge is 2.20. The Labute approximate surface area is 97.6 Å². The minimum atomic E-state index is -3.39. The molecule has 0 spiro atoms. The number of hydrogen-bond acceptors (Lipinski definition) is 3. The van der Waals surface area contributed by atoms with Gasteiger partial charge in [0.1, 0.15) is 0 Å². The lowest BCUT2D eigenvalue weighted by atomic mass is 10.1. The average Bonchev–Trinajstić information content (AvgIpc) is 2.76. The van der Waals surface area contributed by atoms with Crippen LogP contribution >= 0.6 is 0 Å². The van der Waals surface area contributed by atoms with Crippen molar-refractivity contribution >= 4 is 10.2 Å². The van der Waals surface area contributed by atoms with Gasteiger partial charge >= 0.3 is 0 Å². The molecule has 0 atom stereocenters. The molecule has 1 fully saturated rings. The van der Waals surface area contributed by atoms with Gasteiger partial charge in [-0.15, -0.1) is 0 Å². The van der Waals surface area contributed by atoms with Crippen LogP contribution in [-0.2, 0) is 10.2 Å². The van der Waals surface area contributed by atoms with Crippen LogP contribution in [0, 0.1) is 17.2 Å². The lowest BCUT2D eigenvalue weighted by Crippen LogP contribution is -2.40. The van der Waals surface area contributed by atoms with Crippen LogP contribution in [0.15, 0.2) is 0 Å². The second-order valence-electron chi connectivity index (χ2n) is 4.23. The number of rotatable bonds is 6. The van der Waals surface area contributed by atoms with Crippen molar-refractivity contribution in [2.45, 2.75) is 32.1 Å². The van der Waals surface area contributed by atoms with Crippen LogP contribution in [-0.4, -0.2) is 32.9 Å². The summed E-state index contributed by atoms with van der Waals surface area (Å²) in [6, 6.07) is 1.93. The highest BCUT2D eigenvalue weighted by molar-refractivity contribution is 7.87. The van der Waals surface area contributed by atoms with Crippen molar-refractivity contribution in [2.24, 2.45) is 5.92 Å². The van der Waals surface area contributed by atoms with Crippen molar-refractivity contribution < 1.29 is 8.42 Å². The molecule has 1 aliphatic carbocycles. The second kappa shape index (κ2) is 6.18. The lowest BCUT2D eigenvalue weighted by molar-refractivity contribution is 0.450. The molecule has 0 unspecified atom stereocenters. The Balaban J connectivity index is 2.35. The SMILES string of the molecule is CN(CCC#N)S(=O)(=O)NCC1CCCC1. The van der Waals surface area contributed by atoms with E-state index in [2.05, 4.69) is 4.72 Å². The smallest absolute Gasteiger partial charge is 0.202 e. The molecule has 1 saturated carbocycles. The van der Waals surface area contributed by atoms with Gasteiger partial charge in [-0.3, -0.25) is 0 Å². The fraction of sp³-hybridized carbons (Fsp3) is 0.900. The first-order valence-corrected chi connectivity index (χ1v) is 7.08. The molecular weight excluding hydrogens is 226 g/mol. The van der Waals surface area contributed by atoms with Crippen LogP contribution in [0.25, 0.3) is 0 Å². The minimum absolute atomic E-state index is 0.223. The van der Waals surface area contributed by atoms with Gasteiger partial charge in [0, 0.05) is 26.6 Å². The van der Waals surface area contributed by atoms with Crippen molar-refractivity contribution in [3.8, 4) is 6.07 Å². The largest absolute Gasteiger partial charge is 0.279 e. The zero-order valence-electron chi connectivity index (χ0n) is 9.65. The summed E-state index contributed by atoms with van der Waals surface area (Å²) in [6.45, 7) is 0.774. The van der Waals surface area contributed by atoms with E-state index in [1.807, 2.05) is 6.07 Å². The van der Waals surface area contributed by atoms with Gasteiger partial charge in [-0.05, 0) is 18.8 Å². The molecule has 1 aliphatic rings. The monoisotopic (exact) mass is 245 g/mol. The zero-order valence-corrected chi connectivity index (χ0v) is 10.5. The van der Waals surface area contributed by atoms with Crippen molar-refractivity contribution in [3.63, 3.8) is 0 Å². The van der Waals surface area contributed by atoms with Crippen LogP contribution < -0.4 is 4.72 Å². The Bertz CT molecular complexity index is 342. The standard InChI is InChI=1S/C10H19N3O2S/c1-13(8-4-7-11)16(14,15)12-9-10-5-2-3-6-10/h10,12H,2-6,8-9H2,1H3. The fourth-order valence-corrected chi connectivity index (χ4v) is 2.87. The van der Waals surface area contributed by atoms with Crippen molar-refractivity contribution in [1.82, 2.24) is 9.03 Å². The topological polar surface area (TPSA) is 73.2 Å². The highest BCUT2D eigenvalue weighted by atomic mass is 32.2. The summed E-state index contributed by atoms with van der Waals surface area (Å²) in [5.74, 6) is 0.485. The predicted octanol–water partition coefficient (Wildman–Crippen LogP) is 0.856. The van der Waals surface area contributed by atoms with Crippen LogP contribution in [0.4, 0.5) is 0 Å². The first-order valence-electron chi connectivity index (χ1n) is 5.64. The molecule has 0 aromatic rings. The fourth-order valence-electron chi connectivity index (χ4n) is 1.88. The molecule has 0 bridgehead atoms. The molecule has 92 valence electrons. The van der Waals surface area contributed by atoms with Crippen molar-refractivity contribution in [2.75, 3.05) is 20.1 Å². The molecule has 5 nitrogen and oxygen atoms in total. The van der Waals surface area contributed by atoms with Gasteiger partial charge in [0.05, 0.1) is 6.07 Å². The molecule has 0 aromatic heterocycles. The first kappa shape index (κ1) is 13.4. The van der Waals surface area contributed by atoms with Crippen LogP contribution in [0.3, 0.4) is 0 Å². The maximum absolute atomic E-state index is 11.7. The maximum atomic E-state index is 11.7. The third-order valence-corrected chi connectivity index (χ3v) is 4.51. The van der Waals surface area contributed by atoms with Crippen molar-refractivity contribution in [1.29, 1.82) is 5.26 Å². The zero-order chi connectivity index (χ0) is 12.0. The van der Waals surface area contributed by atoms with Crippen LogP contribution in [0.2, 0.25) is 0 Å². The van der Waals surface area contributed by atoms with Gasteiger partial charge in [-0.2, -0.15) is 18.0 Å². The normalized spacial score (nSPS) is 17.8. The Hall–Kier alpha value is -0.640. The molecule has 0 radical (unpaired) electrons. The Kier molecular flexibility index (Phi) is 5.19. The number of nitrogens with one attached hydrogen (secondary N) is 1. The Morgan fingerprint density at radius 3 is 2.62 bits per heavy atom. The molecule has 0 amide bonds. The van der Waals surface area contributed by atoms with E-state index in [4.69, 9.17) is 5.26 Å². The molecule has 0 aromatic carbocycles. The van der Waals surface area contributed by atoms with E-state index < -0.39 is 10.2 Å². The van der Waals surface area contributed by atoms with Gasteiger partial charge in [0.2, 0.25) is 0 Å². The van der Waals surface area contributed by atoms with E-state index in [-0.39, 0.29) is 13.0 Å². The third kappa shape index (κ3) is 4.08. The number of hydrogen-bond donors (Lipinski definition) is 1. The summed E-state index contributed by atoms with van der Waals surface area (Å²) in [5, 5.41) is 8.39. The van der Waals surface area contributed by atoms with E-state index in [0.717, 1.165) is 12.8 Å². The van der Waals surface area contributed by atoms with Crippen molar-refractivity contribution in [3.05, 3.63) is 0 Å². The summed E-state index contributed by atoms with van der Waals surface area (Å²) in [4.78, 5) is 0. The average molecular weight is 245 g/mol. The Morgan fingerprint density at radius 1 is 1.44 bits per heavy atom. The summed E-state index contributed by atoms with van der Waals surface area (Å²) >= 11 is 0. The molecule has 1 rings (SSSR count). The van der Waals surface area contributed by atoms with E-state index >= 15 is 0 Å². The van der Waals surface area contributed by atoms with Gasteiger partial charge in [-0.1, -0.05) is 12.8 Å². The van der Waals surface area contributed by atoms with E-state index in [9.17, 15) is 8.42 Å². The number of nitriles is 1. The lowest BCUT2D eigenvalue weighted by Gasteiger charge is -2.18. The van der Waals surface area contributed by atoms with Crippen LogP contribution in [0.5, 0.6) is 0 Å². The van der Waals surface area contributed by atoms with E-state index in [1.165, 1.54) is 24.2 Å². The Morgan fingerprint density at radius 2 is 2.06 bits per heavy atom. The predicted molar refractivity (Wildman–Crippen MR) is 61.7 cm³/mol. The molecule has 0 saturated heterocycles. The van der Waals surface area contributed by atoms with Gasteiger partial charge in [-0.25, -0.2) is 4.72 Å². The summed E-state index contributed by atoms with van der Waals surface area (Å²) in [7, 11) is -1.89. The summed E-state index contributed by atoms with van der Waals surface area (Å²) in [5.41, 5.74) is 0. The van der Waals surface area contributed by atoms with Gasteiger partial charge in [0.25, 0.3) is 10.2 Å². The second-order valence-corrected chi connectivity index (χ2v) is 6.10. The van der Waals surface area contributed by atoms with Gasteiger partial charge in [0.15, 0.2) is 0 Å². The van der Waals surface area contributed by atoms with E-state index in [0.29, 0.717) is 12.5 Å². The van der Waals surface area contributed by atoms with E-state index in [1.54, 1.807) is 0 Å². The minimum Gasteiger partial charge on any atom is -0.202 e. The highest BCUT2D eigenvalue weighted by Crippen LogP contribution is 2.23. The molecule has 6 heteroatoms. The first-order chi connectivity index (χ1) is 7.56. The molecule has 1 N–H and O–H groups in total. The molecule has 0 heterocycles. The third-order valence-electron chi connectivity index (χ3n) is 2.98. The maximum Gasteiger partial charge on any atom is 0.279 e. The molecule has 16 heavy (non-hydrogen) atoms. The molecular formula is C10H19N3O2S. The number of nitrogens with zero attached hydrogens (tertiary/aromatic N) is 2. The molecule has 0 aliphatic heterocycles. The van der Waals surface area contributed by atoms with Crippen LogP contribution in [0.1, 0.15) is 32.1 Å². The summed E-state index contributed by atoms with van der Waals surface area (Å²) in [6.07, 6.45) is 4.86. The summed E-state index contributed by atoms with van der Waals surface area (Å²) < 4.78 is 27.2.